The van der Waals surface area contributed by atoms with Crippen molar-refractivity contribution in [2.45, 2.75) is 57.0 Å². The summed E-state index contributed by atoms with van der Waals surface area (Å²) in [7, 11) is 0. The summed E-state index contributed by atoms with van der Waals surface area (Å²) < 4.78 is 5.84. The lowest BCUT2D eigenvalue weighted by atomic mass is 10.0. The van der Waals surface area contributed by atoms with Crippen LogP contribution in [0.15, 0.2) is 10.6 Å². The molecule has 1 aromatic heterocycles. The first kappa shape index (κ1) is 13.3. The van der Waals surface area contributed by atoms with Crippen LogP contribution in [-0.4, -0.2) is 46.4 Å². The van der Waals surface area contributed by atoms with Crippen molar-refractivity contribution >= 4 is 5.91 Å². The molecule has 21 heavy (non-hydrogen) atoms. The minimum absolute atomic E-state index is 0.357. The van der Waals surface area contributed by atoms with Crippen LogP contribution in [-0.2, 0) is 11.3 Å². The molecule has 0 unspecified atom stereocenters. The monoisotopic (exact) mass is 289 g/mol. The summed E-state index contributed by atoms with van der Waals surface area (Å²) in [6.45, 7) is 3.85. The van der Waals surface area contributed by atoms with Gasteiger partial charge in [-0.1, -0.05) is 0 Å². The quantitative estimate of drug-likeness (QED) is 0.852. The fourth-order valence-corrected chi connectivity index (χ4v) is 3.59. The Hall–Kier alpha value is -1.36. The molecule has 3 heterocycles. The first-order valence-corrected chi connectivity index (χ1v) is 8.26. The Morgan fingerprint density at radius 3 is 2.67 bits per heavy atom. The third-order valence-corrected chi connectivity index (χ3v) is 5.02. The summed E-state index contributed by atoms with van der Waals surface area (Å²) in [4.78, 5) is 20.7. The zero-order valence-electron chi connectivity index (χ0n) is 12.5. The number of nitrogens with zero attached hydrogens (tertiary/aromatic N) is 3. The van der Waals surface area contributed by atoms with E-state index in [4.69, 9.17) is 4.42 Å². The molecule has 0 spiro atoms. The zero-order chi connectivity index (χ0) is 14.2. The lowest BCUT2D eigenvalue weighted by Gasteiger charge is -2.36. The number of amides is 1. The Labute approximate surface area is 125 Å². The van der Waals surface area contributed by atoms with Gasteiger partial charge in [-0.05, 0) is 32.1 Å². The molecule has 1 amide bonds. The third-order valence-electron chi connectivity index (χ3n) is 5.02. The molecule has 1 aliphatic carbocycles. The molecule has 1 saturated carbocycles. The van der Waals surface area contributed by atoms with E-state index in [0.717, 1.165) is 63.5 Å². The van der Waals surface area contributed by atoms with E-state index in [-0.39, 0.29) is 0 Å². The van der Waals surface area contributed by atoms with Gasteiger partial charge in [0, 0.05) is 38.0 Å². The maximum Gasteiger partial charge on any atom is 0.222 e. The number of likely N-dealkylation sites (tertiary alicyclic amines) is 2. The van der Waals surface area contributed by atoms with Gasteiger partial charge in [0.05, 0.1) is 12.7 Å². The van der Waals surface area contributed by atoms with Gasteiger partial charge in [0.25, 0.3) is 0 Å². The molecular formula is C16H23N3O2. The summed E-state index contributed by atoms with van der Waals surface area (Å²) in [5.74, 6) is 2.92. The van der Waals surface area contributed by atoms with Crippen LogP contribution in [0, 0.1) is 0 Å². The van der Waals surface area contributed by atoms with Crippen LogP contribution >= 0.6 is 0 Å². The molecule has 0 bridgehead atoms. The minimum Gasteiger partial charge on any atom is -0.444 e. The molecule has 2 saturated heterocycles. The highest BCUT2D eigenvalue weighted by atomic mass is 16.4. The number of carbonyl (C=O) groups is 1. The number of hydrogen-bond acceptors (Lipinski definition) is 4. The standard InChI is InChI=1S/C16H23N3O2/c20-16-2-1-7-19(16)13-5-8-18(9-6-13)11-15-17-10-14(21-15)12-3-4-12/h10,12-13H,1-9,11H2. The molecule has 3 fully saturated rings. The number of piperidine rings is 1. The number of oxazole rings is 1. The van der Waals surface area contributed by atoms with E-state index in [1.807, 2.05) is 6.20 Å². The van der Waals surface area contributed by atoms with Crippen molar-refractivity contribution in [3.8, 4) is 0 Å². The molecule has 0 radical (unpaired) electrons. The lowest BCUT2D eigenvalue weighted by Crippen LogP contribution is -2.45. The SMILES string of the molecule is O=C1CCCN1C1CCN(Cc2ncc(C3CC3)o2)CC1. The Morgan fingerprint density at radius 1 is 1.19 bits per heavy atom. The van der Waals surface area contributed by atoms with Crippen LogP contribution in [0.4, 0.5) is 0 Å². The molecule has 5 nitrogen and oxygen atoms in total. The fourth-order valence-electron chi connectivity index (χ4n) is 3.59. The van der Waals surface area contributed by atoms with E-state index < -0.39 is 0 Å². The van der Waals surface area contributed by atoms with E-state index in [1.54, 1.807) is 0 Å². The van der Waals surface area contributed by atoms with E-state index in [2.05, 4.69) is 14.8 Å². The molecule has 0 aromatic carbocycles. The number of aromatic nitrogens is 1. The predicted molar refractivity (Wildman–Crippen MR) is 77.7 cm³/mol. The molecule has 1 aromatic rings. The fraction of sp³-hybridized carbons (Fsp3) is 0.750. The van der Waals surface area contributed by atoms with Crippen LogP contribution in [0.5, 0.6) is 0 Å². The van der Waals surface area contributed by atoms with Crippen molar-refractivity contribution in [2.75, 3.05) is 19.6 Å². The van der Waals surface area contributed by atoms with Gasteiger partial charge in [0.15, 0.2) is 0 Å². The Morgan fingerprint density at radius 2 is 2.00 bits per heavy atom. The highest BCUT2D eigenvalue weighted by Crippen LogP contribution is 2.40. The highest BCUT2D eigenvalue weighted by molar-refractivity contribution is 5.78. The molecular weight excluding hydrogens is 266 g/mol. The van der Waals surface area contributed by atoms with Gasteiger partial charge in [-0.15, -0.1) is 0 Å². The second kappa shape index (κ2) is 5.44. The number of hydrogen-bond donors (Lipinski definition) is 0. The second-order valence-electron chi connectivity index (χ2n) is 6.63. The van der Waals surface area contributed by atoms with Crippen molar-refractivity contribution in [3.05, 3.63) is 17.8 Å². The molecule has 4 rings (SSSR count). The van der Waals surface area contributed by atoms with Crippen LogP contribution in [0.1, 0.15) is 56.1 Å². The first-order chi connectivity index (χ1) is 10.3. The van der Waals surface area contributed by atoms with Crippen LogP contribution in [0.2, 0.25) is 0 Å². The van der Waals surface area contributed by atoms with Gasteiger partial charge in [-0.25, -0.2) is 4.98 Å². The van der Waals surface area contributed by atoms with Crippen molar-refractivity contribution in [3.63, 3.8) is 0 Å². The molecule has 114 valence electrons. The van der Waals surface area contributed by atoms with Gasteiger partial charge < -0.3 is 9.32 Å². The first-order valence-electron chi connectivity index (χ1n) is 8.26. The maximum absolute atomic E-state index is 11.8. The van der Waals surface area contributed by atoms with Crippen LogP contribution < -0.4 is 0 Å². The van der Waals surface area contributed by atoms with Crippen molar-refractivity contribution in [1.29, 1.82) is 0 Å². The van der Waals surface area contributed by atoms with E-state index in [9.17, 15) is 4.79 Å². The molecule has 0 atom stereocenters. The summed E-state index contributed by atoms with van der Waals surface area (Å²) in [6, 6.07) is 0.461. The minimum atomic E-state index is 0.357. The highest BCUT2D eigenvalue weighted by Gasteiger charge is 2.31. The second-order valence-corrected chi connectivity index (χ2v) is 6.63. The smallest absolute Gasteiger partial charge is 0.222 e. The molecule has 2 aliphatic heterocycles. The van der Waals surface area contributed by atoms with Crippen LogP contribution in [0.3, 0.4) is 0 Å². The lowest BCUT2D eigenvalue weighted by molar-refractivity contribution is -0.130. The third kappa shape index (κ3) is 2.84. The number of rotatable bonds is 4. The zero-order valence-corrected chi connectivity index (χ0v) is 12.5. The van der Waals surface area contributed by atoms with E-state index >= 15 is 0 Å². The Bertz CT molecular complexity index is 515. The van der Waals surface area contributed by atoms with E-state index in [1.165, 1.54) is 12.8 Å². The van der Waals surface area contributed by atoms with Gasteiger partial charge in [-0.3, -0.25) is 9.69 Å². The van der Waals surface area contributed by atoms with Crippen LogP contribution in [0.25, 0.3) is 0 Å². The van der Waals surface area contributed by atoms with Crippen molar-refractivity contribution in [1.82, 2.24) is 14.8 Å². The summed E-state index contributed by atoms with van der Waals surface area (Å²) >= 11 is 0. The van der Waals surface area contributed by atoms with Gasteiger partial charge in [-0.2, -0.15) is 0 Å². The maximum atomic E-state index is 11.8. The van der Waals surface area contributed by atoms with Gasteiger partial charge >= 0.3 is 0 Å². The van der Waals surface area contributed by atoms with Crippen molar-refractivity contribution < 1.29 is 9.21 Å². The molecule has 3 aliphatic rings. The Balaban J connectivity index is 1.29. The molecule has 0 N–H and O–H groups in total. The number of carbonyl (C=O) groups excluding carboxylic acids is 1. The van der Waals surface area contributed by atoms with Crippen molar-refractivity contribution in [2.24, 2.45) is 0 Å². The summed E-state index contributed by atoms with van der Waals surface area (Å²) in [6.07, 6.45) is 8.38. The summed E-state index contributed by atoms with van der Waals surface area (Å²) in [5.41, 5.74) is 0. The van der Waals surface area contributed by atoms with E-state index in [0.29, 0.717) is 17.9 Å². The van der Waals surface area contributed by atoms with Gasteiger partial charge in [0.1, 0.15) is 5.76 Å². The normalized spacial score (nSPS) is 25.0. The average molecular weight is 289 g/mol. The predicted octanol–water partition coefficient (Wildman–Crippen LogP) is 2.14. The average Bonchev–Trinajstić information content (AvgIpc) is 3.10. The topological polar surface area (TPSA) is 49.6 Å². The largest absolute Gasteiger partial charge is 0.444 e. The van der Waals surface area contributed by atoms with Gasteiger partial charge in [0.2, 0.25) is 11.8 Å². The Kier molecular flexibility index (Phi) is 3.45. The summed E-state index contributed by atoms with van der Waals surface area (Å²) in [5, 5.41) is 0. The molecule has 5 heteroatoms.